The molecule has 1 heterocycles. The van der Waals surface area contributed by atoms with E-state index in [2.05, 4.69) is 10.3 Å². The third-order valence-corrected chi connectivity index (χ3v) is 4.53. The zero-order chi connectivity index (χ0) is 13.9. The van der Waals surface area contributed by atoms with Gasteiger partial charge in [0.2, 0.25) is 0 Å². The zero-order valence-electron chi connectivity index (χ0n) is 11.2. The average Bonchev–Trinajstić information content (AvgIpc) is 2.89. The topological polar surface area (TPSA) is 42.0 Å². The van der Waals surface area contributed by atoms with Crippen LogP contribution in [0.25, 0.3) is 10.9 Å². The number of benzene rings is 1. The second kappa shape index (κ2) is 5.80. The molecule has 4 heteroatoms. The molecule has 104 valence electrons. The van der Waals surface area contributed by atoms with E-state index in [-0.39, 0.29) is 11.3 Å². The van der Waals surface area contributed by atoms with Gasteiger partial charge in [-0.2, -0.15) is 0 Å². The standard InChI is InChI=1S/C16H17ClN2O/c17-14-5-1-3-13(14)10-19-16(20)12-6-7-15-11(9-12)4-2-8-18-15/h2,4,6-9,13-14H,1,3,5,10H2,(H,19,20). The molecule has 1 aromatic heterocycles. The van der Waals surface area contributed by atoms with E-state index in [1.165, 1.54) is 0 Å². The molecule has 1 saturated carbocycles. The minimum atomic E-state index is -0.0356. The molecule has 0 spiro atoms. The highest BCUT2D eigenvalue weighted by molar-refractivity contribution is 6.21. The van der Waals surface area contributed by atoms with Crippen LogP contribution in [-0.4, -0.2) is 22.8 Å². The number of nitrogens with one attached hydrogen (secondary N) is 1. The predicted octanol–water partition coefficient (Wildman–Crippen LogP) is 3.37. The lowest BCUT2D eigenvalue weighted by atomic mass is 10.1. The van der Waals surface area contributed by atoms with Crippen LogP contribution in [-0.2, 0) is 0 Å². The third kappa shape index (κ3) is 2.78. The van der Waals surface area contributed by atoms with Gasteiger partial charge in [0.15, 0.2) is 0 Å². The first-order valence-corrected chi connectivity index (χ1v) is 7.45. The number of carbonyl (C=O) groups excluding carboxylic acids is 1. The normalized spacial score (nSPS) is 22.1. The molecule has 0 saturated heterocycles. The Balaban J connectivity index is 1.69. The lowest BCUT2D eigenvalue weighted by molar-refractivity contribution is 0.0948. The first kappa shape index (κ1) is 13.4. The SMILES string of the molecule is O=C(NCC1CCCC1Cl)c1ccc2ncccc2c1. The number of fused-ring (bicyclic) bond motifs is 1. The van der Waals surface area contributed by atoms with Crippen LogP contribution < -0.4 is 5.32 Å². The molecule has 2 aromatic rings. The summed E-state index contributed by atoms with van der Waals surface area (Å²) in [6.45, 7) is 0.665. The van der Waals surface area contributed by atoms with Crippen LogP contribution in [0.1, 0.15) is 29.6 Å². The smallest absolute Gasteiger partial charge is 0.251 e. The van der Waals surface area contributed by atoms with E-state index in [1.54, 1.807) is 6.20 Å². The summed E-state index contributed by atoms with van der Waals surface area (Å²) >= 11 is 6.23. The molecule has 0 radical (unpaired) electrons. The number of hydrogen-bond acceptors (Lipinski definition) is 2. The first-order chi connectivity index (χ1) is 9.74. The Labute approximate surface area is 123 Å². The van der Waals surface area contributed by atoms with Crippen LogP contribution in [0.5, 0.6) is 0 Å². The monoisotopic (exact) mass is 288 g/mol. The summed E-state index contributed by atoms with van der Waals surface area (Å²) in [7, 11) is 0. The van der Waals surface area contributed by atoms with E-state index in [9.17, 15) is 4.79 Å². The maximum absolute atomic E-state index is 12.2. The van der Waals surface area contributed by atoms with E-state index in [4.69, 9.17) is 11.6 Å². The van der Waals surface area contributed by atoms with Gasteiger partial charge in [0.25, 0.3) is 5.91 Å². The van der Waals surface area contributed by atoms with Crippen LogP contribution in [0.3, 0.4) is 0 Å². The maximum atomic E-state index is 12.2. The zero-order valence-corrected chi connectivity index (χ0v) is 11.9. The first-order valence-electron chi connectivity index (χ1n) is 7.01. The summed E-state index contributed by atoms with van der Waals surface area (Å²) in [5.41, 5.74) is 1.58. The van der Waals surface area contributed by atoms with Gasteiger partial charge in [0, 0.05) is 29.1 Å². The van der Waals surface area contributed by atoms with E-state index < -0.39 is 0 Å². The number of amides is 1. The fourth-order valence-corrected chi connectivity index (χ4v) is 3.13. The highest BCUT2D eigenvalue weighted by atomic mass is 35.5. The molecule has 1 N–H and O–H groups in total. The van der Waals surface area contributed by atoms with Crippen molar-refractivity contribution >= 4 is 28.4 Å². The Morgan fingerprint density at radius 3 is 3.05 bits per heavy atom. The minimum Gasteiger partial charge on any atom is -0.352 e. The Kier molecular flexibility index (Phi) is 3.88. The number of hydrogen-bond donors (Lipinski definition) is 1. The quantitative estimate of drug-likeness (QED) is 0.880. The molecule has 3 rings (SSSR count). The van der Waals surface area contributed by atoms with Crippen molar-refractivity contribution in [2.24, 2.45) is 5.92 Å². The van der Waals surface area contributed by atoms with E-state index >= 15 is 0 Å². The summed E-state index contributed by atoms with van der Waals surface area (Å²) in [5.74, 6) is 0.370. The lowest BCUT2D eigenvalue weighted by Crippen LogP contribution is -2.31. The van der Waals surface area contributed by atoms with Crippen molar-refractivity contribution in [3.63, 3.8) is 0 Å². The number of alkyl halides is 1. The van der Waals surface area contributed by atoms with Gasteiger partial charge in [-0.1, -0.05) is 12.5 Å². The lowest BCUT2D eigenvalue weighted by Gasteiger charge is -2.14. The number of carbonyl (C=O) groups is 1. The summed E-state index contributed by atoms with van der Waals surface area (Å²) < 4.78 is 0. The van der Waals surface area contributed by atoms with Crippen LogP contribution >= 0.6 is 11.6 Å². The van der Waals surface area contributed by atoms with Gasteiger partial charge in [-0.05, 0) is 43.0 Å². The molecular formula is C16H17ClN2O. The van der Waals surface area contributed by atoms with Gasteiger partial charge >= 0.3 is 0 Å². The van der Waals surface area contributed by atoms with E-state index in [0.717, 1.165) is 30.2 Å². The van der Waals surface area contributed by atoms with Gasteiger partial charge in [-0.25, -0.2) is 0 Å². The van der Waals surface area contributed by atoms with Gasteiger partial charge < -0.3 is 5.32 Å². The second-order valence-electron chi connectivity index (χ2n) is 5.33. The Morgan fingerprint density at radius 2 is 2.25 bits per heavy atom. The largest absolute Gasteiger partial charge is 0.352 e. The predicted molar refractivity (Wildman–Crippen MR) is 81.1 cm³/mol. The molecule has 0 aliphatic heterocycles. The minimum absolute atomic E-state index is 0.0356. The molecule has 1 aliphatic carbocycles. The van der Waals surface area contributed by atoms with Crippen molar-refractivity contribution in [3.05, 3.63) is 42.1 Å². The number of nitrogens with zero attached hydrogens (tertiary/aromatic N) is 1. The Hall–Kier alpha value is -1.61. The molecule has 2 atom stereocenters. The number of aromatic nitrogens is 1. The van der Waals surface area contributed by atoms with Gasteiger partial charge in [0.1, 0.15) is 0 Å². The van der Waals surface area contributed by atoms with Gasteiger partial charge in [-0.15, -0.1) is 11.6 Å². The molecule has 2 unspecified atom stereocenters. The number of rotatable bonds is 3. The van der Waals surface area contributed by atoms with Crippen molar-refractivity contribution in [2.75, 3.05) is 6.54 Å². The highest BCUT2D eigenvalue weighted by Gasteiger charge is 2.25. The average molecular weight is 289 g/mol. The molecule has 1 fully saturated rings. The fraction of sp³-hybridized carbons (Fsp3) is 0.375. The van der Waals surface area contributed by atoms with Crippen LogP contribution in [0.4, 0.5) is 0 Å². The molecule has 3 nitrogen and oxygen atoms in total. The molecule has 0 bridgehead atoms. The summed E-state index contributed by atoms with van der Waals surface area (Å²) in [4.78, 5) is 16.4. The van der Waals surface area contributed by atoms with Crippen molar-refractivity contribution in [1.29, 1.82) is 0 Å². The molecule has 1 aromatic carbocycles. The summed E-state index contributed by atoms with van der Waals surface area (Å²) in [6.07, 6.45) is 5.08. The van der Waals surface area contributed by atoms with Gasteiger partial charge in [0.05, 0.1) is 5.52 Å². The highest BCUT2D eigenvalue weighted by Crippen LogP contribution is 2.29. The van der Waals surface area contributed by atoms with Crippen LogP contribution in [0.15, 0.2) is 36.5 Å². The van der Waals surface area contributed by atoms with Crippen molar-refractivity contribution in [1.82, 2.24) is 10.3 Å². The summed E-state index contributed by atoms with van der Waals surface area (Å²) in [5, 5.41) is 4.18. The molecular weight excluding hydrogens is 272 g/mol. The Bertz CT molecular complexity index is 629. The van der Waals surface area contributed by atoms with E-state index in [0.29, 0.717) is 18.0 Å². The van der Waals surface area contributed by atoms with Crippen molar-refractivity contribution < 1.29 is 4.79 Å². The van der Waals surface area contributed by atoms with E-state index in [1.807, 2.05) is 30.3 Å². The fourth-order valence-electron chi connectivity index (χ4n) is 2.76. The van der Waals surface area contributed by atoms with Crippen molar-refractivity contribution in [3.8, 4) is 0 Å². The number of halogens is 1. The van der Waals surface area contributed by atoms with Gasteiger partial charge in [-0.3, -0.25) is 9.78 Å². The summed E-state index contributed by atoms with van der Waals surface area (Å²) in [6, 6.07) is 9.41. The molecule has 1 amide bonds. The van der Waals surface area contributed by atoms with Crippen molar-refractivity contribution in [2.45, 2.75) is 24.6 Å². The maximum Gasteiger partial charge on any atom is 0.251 e. The van der Waals surface area contributed by atoms with Crippen LogP contribution in [0, 0.1) is 5.92 Å². The molecule has 20 heavy (non-hydrogen) atoms. The van der Waals surface area contributed by atoms with Crippen LogP contribution in [0.2, 0.25) is 0 Å². The number of pyridine rings is 1. The second-order valence-corrected chi connectivity index (χ2v) is 5.89. The third-order valence-electron chi connectivity index (χ3n) is 3.96. The molecule has 1 aliphatic rings. The Morgan fingerprint density at radius 1 is 1.35 bits per heavy atom.